The number of esters is 1. The highest BCUT2D eigenvalue weighted by Gasteiger charge is 2.17. The maximum atomic E-state index is 12.0. The van der Waals surface area contributed by atoms with E-state index in [0.29, 0.717) is 33.4 Å². The summed E-state index contributed by atoms with van der Waals surface area (Å²) < 4.78 is 10.3. The van der Waals surface area contributed by atoms with Gasteiger partial charge in [-0.05, 0) is 30.1 Å². The van der Waals surface area contributed by atoms with E-state index in [4.69, 9.17) is 16.3 Å². The predicted molar refractivity (Wildman–Crippen MR) is 84.9 cm³/mol. The summed E-state index contributed by atoms with van der Waals surface area (Å²) in [7, 11) is 0. The highest BCUT2D eigenvalue weighted by atomic mass is 35.5. The fourth-order valence-electron chi connectivity index (χ4n) is 2.00. The van der Waals surface area contributed by atoms with Gasteiger partial charge in [0.1, 0.15) is 12.3 Å². The highest BCUT2D eigenvalue weighted by molar-refractivity contribution is 7.07. The number of halogens is 1. The Morgan fingerprint density at radius 2 is 2.26 bits per heavy atom. The molecular formula is C14H11ClN4O3S. The van der Waals surface area contributed by atoms with E-state index in [-0.39, 0.29) is 12.2 Å². The normalized spacial score (nSPS) is 10.9. The number of carbonyl (C=O) groups excluding carboxylic acids is 1. The molecule has 118 valence electrons. The number of fused-ring (bicyclic) bond motifs is 1. The summed E-state index contributed by atoms with van der Waals surface area (Å²) in [6.07, 6.45) is 2.08. The van der Waals surface area contributed by atoms with Gasteiger partial charge in [-0.2, -0.15) is 0 Å². The highest BCUT2D eigenvalue weighted by Crippen LogP contribution is 2.14. The van der Waals surface area contributed by atoms with E-state index >= 15 is 0 Å². The van der Waals surface area contributed by atoms with Crippen LogP contribution in [0.2, 0.25) is 5.02 Å². The maximum absolute atomic E-state index is 12.0. The van der Waals surface area contributed by atoms with Gasteiger partial charge in [0.25, 0.3) is 5.56 Å². The van der Waals surface area contributed by atoms with Gasteiger partial charge in [0.2, 0.25) is 0 Å². The van der Waals surface area contributed by atoms with Crippen LogP contribution in [-0.2, 0) is 17.8 Å². The van der Waals surface area contributed by atoms with Gasteiger partial charge in [-0.25, -0.2) is 9.78 Å². The molecule has 0 unspecified atom stereocenters. The monoisotopic (exact) mass is 350 g/mol. The van der Waals surface area contributed by atoms with Gasteiger partial charge in [-0.1, -0.05) is 23.0 Å². The van der Waals surface area contributed by atoms with Crippen molar-refractivity contribution in [3.63, 3.8) is 0 Å². The number of ether oxygens (including phenoxy) is 1. The summed E-state index contributed by atoms with van der Waals surface area (Å²) in [5.74, 6) is -0.519. The van der Waals surface area contributed by atoms with E-state index in [1.165, 1.54) is 16.7 Å². The van der Waals surface area contributed by atoms with Crippen molar-refractivity contribution in [1.82, 2.24) is 19.0 Å². The second kappa shape index (κ2) is 6.43. The molecule has 0 amide bonds. The Hall–Kier alpha value is -2.32. The fraction of sp³-hybridized carbons (Fsp3) is 0.214. The average molecular weight is 351 g/mol. The lowest BCUT2D eigenvalue weighted by Gasteiger charge is -2.05. The molecule has 0 aliphatic carbocycles. The van der Waals surface area contributed by atoms with E-state index in [0.717, 1.165) is 11.5 Å². The number of hydrogen-bond acceptors (Lipinski definition) is 7. The van der Waals surface area contributed by atoms with E-state index in [9.17, 15) is 9.59 Å². The largest absolute Gasteiger partial charge is 0.455 e. The number of aryl methyl sites for hydroxylation is 1. The Morgan fingerprint density at radius 1 is 1.43 bits per heavy atom. The van der Waals surface area contributed by atoms with Crippen molar-refractivity contribution < 1.29 is 9.53 Å². The van der Waals surface area contributed by atoms with Crippen LogP contribution in [0.4, 0.5) is 0 Å². The molecule has 0 saturated heterocycles. The molecule has 0 radical (unpaired) electrons. The quantitative estimate of drug-likeness (QED) is 0.670. The van der Waals surface area contributed by atoms with Crippen molar-refractivity contribution >= 4 is 34.7 Å². The zero-order valence-corrected chi connectivity index (χ0v) is 13.6. The van der Waals surface area contributed by atoms with Crippen LogP contribution in [-0.4, -0.2) is 24.9 Å². The topological polar surface area (TPSA) is 86.5 Å². The number of carbonyl (C=O) groups is 1. The number of hydrogen-bond donors (Lipinski definition) is 0. The molecule has 0 aliphatic heterocycles. The van der Waals surface area contributed by atoms with Crippen LogP contribution in [0.3, 0.4) is 0 Å². The first-order chi connectivity index (χ1) is 11.1. The van der Waals surface area contributed by atoms with E-state index in [2.05, 4.69) is 14.6 Å². The molecule has 0 bridgehead atoms. The van der Waals surface area contributed by atoms with Gasteiger partial charge in [0, 0.05) is 12.3 Å². The second-order valence-electron chi connectivity index (χ2n) is 4.64. The molecular weight excluding hydrogens is 340 g/mol. The molecule has 3 rings (SSSR count). The van der Waals surface area contributed by atoms with Crippen molar-refractivity contribution in [2.45, 2.75) is 20.0 Å². The summed E-state index contributed by atoms with van der Waals surface area (Å²) >= 11 is 6.84. The summed E-state index contributed by atoms with van der Waals surface area (Å²) in [6.45, 7) is 1.78. The van der Waals surface area contributed by atoms with Crippen LogP contribution in [0.15, 0.2) is 29.2 Å². The van der Waals surface area contributed by atoms with Crippen LogP contribution in [0, 0.1) is 0 Å². The zero-order valence-electron chi connectivity index (χ0n) is 12.0. The lowest BCUT2D eigenvalue weighted by molar-refractivity contribution is 0.0472. The standard InChI is InChI=1S/C14H11ClN4O3S/c1-2-10-13(23-18-17-10)14(21)22-7-9-5-12(20)19-6-8(15)3-4-11(19)16-9/h3-6H,2,7H2,1H3. The smallest absolute Gasteiger partial charge is 0.352 e. The van der Waals surface area contributed by atoms with Gasteiger partial charge in [-0.15, -0.1) is 5.10 Å². The number of aromatic nitrogens is 4. The molecule has 7 nitrogen and oxygen atoms in total. The van der Waals surface area contributed by atoms with Gasteiger partial charge < -0.3 is 4.74 Å². The molecule has 23 heavy (non-hydrogen) atoms. The lowest BCUT2D eigenvalue weighted by Crippen LogP contribution is -2.16. The Balaban J connectivity index is 1.81. The molecule has 0 atom stereocenters. The minimum atomic E-state index is -0.519. The Labute approximate surface area is 139 Å². The average Bonchev–Trinajstić information content (AvgIpc) is 3.02. The summed E-state index contributed by atoms with van der Waals surface area (Å²) in [5.41, 5.74) is 1.10. The van der Waals surface area contributed by atoms with E-state index < -0.39 is 5.97 Å². The first-order valence-corrected chi connectivity index (χ1v) is 7.90. The van der Waals surface area contributed by atoms with Crippen molar-refractivity contribution in [3.05, 3.63) is 56.0 Å². The van der Waals surface area contributed by atoms with Gasteiger partial charge >= 0.3 is 5.97 Å². The number of rotatable bonds is 4. The van der Waals surface area contributed by atoms with Crippen LogP contribution >= 0.6 is 23.1 Å². The molecule has 3 aromatic rings. The van der Waals surface area contributed by atoms with E-state index in [1.54, 1.807) is 12.1 Å². The number of nitrogens with zero attached hydrogens (tertiary/aromatic N) is 4. The lowest BCUT2D eigenvalue weighted by atomic mass is 10.3. The van der Waals surface area contributed by atoms with Crippen LogP contribution in [0.5, 0.6) is 0 Å². The molecule has 0 aliphatic rings. The van der Waals surface area contributed by atoms with Gasteiger partial charge in [-0.3, -0.25) is 9.20 Å². The second-order valence-corrected chi connectivity index (χ2v) is 5.83. The molecule has 0 saturated carbocycles. The molecule has 3 aromatic heterocycles. The molecule has 0 N–H and O–H groups in total. The van der Waals surface area contributed by atoms with Crippen molar-refractivity contribution in [2.24, 2.45) is 0 Å². The molecule has 3 heterocycles. The maximum Gasteiger partial charge on any atom is 0.352 e. The Kier molecular flexibility index (Phi) is 4.35. The number of pyridine rings is 1. The van der Waals surface area contributed by atoms with Crippen molar-refractivity contribution in [2.75, 3.05) is 0 Å². The van der Waals surface area contributed by atoms with Gasteiger partial charge in [0.15, 0.2) is 4.88 Å². The first kappa shape index (κ1) is 15.6. The molecule has 0 spiro atoms. The summed E-state index contributed by atoms with van der Waals surface area (Å²) in [5, 5.41) is 4.30. The fourth-order valence-corrected chi connectivity index (χ4v) is 2.81. The summed E-state index contributed by atoms with van der Waals surface area (Å²) in [6, 6.07) is 4.56. The SMILES string of the molecule is CCc1nnsc1C(=O)OCc1cc(=O)n2cc(Cl)ccc2n1. The zero-order chi connectivity index (χ0) is 16.4. The van der Waals surface area contributed by atoms with E-state index in [1.807, 2.05) is 6.92 Å². The van der Waals surface area contributed by atoms with Crippen molar-refractivity contribution in [1.29, 1.82) is 0 Å². The van der Waals surface area contributed by atoms with Crippen LogP contribution < -0.4 is 5.56 Å². The van der Waals surface area contributed by atoms with Gasteiger partial charge in [0.05, 0.1) is 16.4 Å². The molecule has 0 fully saturated rings. The first-order valence-electron chi connectivity index (χ1n) is 6.74. The Bertz CT molecular complexity index is 937. The minimum Gasteiger partial charge on any atom is -0.455 e. The van der Waals surface area contributed by atoms with Crippen LogP contribution in [0.25, 0.3) is 5.65 Å². The molecule has 9 heteroatoms. The van der Waals surface area contributed by atoms with Crippen molar-refractivity contribution in [3.8, 4) is 0 Å². The third-order valence-electron chi connectivity index (χ3n) is 3.10. The van der Waals surface area contributed by atoms with Crippen LogP contribution in [0.1, 0.15) is 28.0 Å². The predicted octanol–water partition coefficient (Wildman–Crippen LogP) is 2.12. The third-order valence-corrected chi connectivity index (χ3v) is 4.08. The molecule has 0 aromatic carbocycles. The minimum absolute atomic E-state index is 0.103. The summed E-state index contributed by atoms with van der Waals surface area (Å²) in [4.78, 5) is 28.7. The Morgan fingerprint density at radius 3 is 3.04 bits per heavy atom. The third kappa shape index (κ3) is 3.22.